The number of likely N-dealkylation sites (tertiary alicyclic amines) is 1. The van der Waals surface area contributed by atoms with Crippen molar-refractivity contribution >= 4 is 35.6 Å². The van der Waals surface area contributed by atoms with E-state index in [0.29, 0.717) is 24.7 Å². The Morgan fingerprint density at radius 2 is 1.89 bits per heavy atom. The second kappa shape index (κ2) is 11.1. The first-order chi connectivity index (χ1) is 13.1. The van der Waals surface area contributed by atoms with Gasteiger partial charge in [0.25, 0.3) is 0 Å². The number of nitrogens with zero attached hydrogens (tertiary/aromatic N) is 1. The molecule has 0 spiro atoms. The lowest BCUT2D eigenvalue weighted by molar-refractivity contribution is -0.143. The van der Waals surface area contributed by atoms with Gasteiger partial charge in [0.05, 0.1) is 12.2 Å². The molecular formula is C22H25Cl2NO3. The predicted molar refractivity (Wildman–Crippen MR) is 115 cm³/mol. The molecule has 1 heterocycles. The molecule has 1 fully saturated rings. The molecule has 2 aromatic carbocycles. The second-order valence-electron chi connectivity index (χ2n) is 6.73. The topological polar surface area (TPSA) is 49.8 Å². The summed E-state index contributed by atoms with van der Waals surface area (Å²) < 4.78 is 5.85. The van der Waals surface area contributed by atoms with Crippen molar-refractivity contribution in [1.82, 2.24) is 4.90 Å². The first-order valence-corrected chi connectivity index (χ1v) is 9.60. The summed E-state index contributed by atoms with van der Waals surface area (Å²) in [4.78, 5) is 13.3. The van der Waals surface area contributed by atoms with Crippen LogP contribution in [-0.2, 0) is 9.53 Å². The Labute approximate surface area is 177 Å². The molecule has 6 heteroatoms. The molecule has 0 unspecified atom stereocenters. The maximum atomic E-state index is 11.2. The molecule has 0 aliphatic carbocycles. The molecule has 28 heavy (non-hydrogen) atoms. The first-order valence-electron chi connectivity index (χ1n) is 9.22. The van der Waals surface area contributed by atoms with Gasteiger partial charge in [-0.25, -0.2) is 0 Å². The van der Waals surface area contributed by atoms with E-state index in [1.807, 2.05) is 54.6 Å². The number of carboxylic acids is 1. The van der Waals surface area contributed by atoms with Crippen LogP contribution in [0.25, 0.3) is 5.57 Å². The molecule has 1 atom stereocenters. The number of hydrogen-bond donors (Lipinski definition) is 1. The van der Waals surface area contributed by atoms with Crippen LogP contribution in [-0.4, -0.2) is 42.2 Å². The lowest BCUT2D eigenvalue weighted by Crippen LogP contribution is -2.40. The number of piperidine rings is 1. The average molecular weight is 422 g/mol. The van der Waals surface area contributed by atoms with Crippen LogP contribution in [0.5, 0.6) is 0 Å². The molecule has 0 saturated carbocycles. The van der Waals surface area contributed by atoms with E-state index in [1.165, 1.54) is 0 Å². The van der Waals surface area contributed by atoms with Gasteiger partial charge in [-0.15, -0.1) is 12.4 Å². The van der Waals surface area contributed by atoms with E-state index in [0.717, 1.165) is 36.1 Å². The normalized spacial score (nSPS) is 17.6. The van der Waals surface area contributed by atoms with Crippen molar-refractivity contribution in [2.24, 2.45) is 5.92 Å². The Kier molecular flexibility index (Phi) is 8.84. The van der Waals surface area contributed by atoms with Crippen molar-refractivity contribution in [1.29, 1.82) is 0 Å². The summed E-state index contributed by atoms with van der Waals surface area (Å²) in [6, 6.07) is 17.7. The van der Waals surface area contributed by atoms with Crippen LogP contribution < -0.4 is 0 Å². The van der Waals surface area contributed by atoms with Gasteiger partial charge in [0, 0.05) is 29.2 Å². The van der Waals surface area contributed by atoms with E-state index in [9.17, 15) is 9.90 Å². The van der Waals surface area contributed by atoms with Crippen LogP contribution in [0.15, 0.2) is 60.9 Å². The molecule has 0 aromatic heterocycles. The van der Waals surface area contributed by atoms with Crippen molar-refractivity contribution in [2.75, 3.05) is 26.2 Å². The zero-order chi connectivity index (χ0) is 19.1. The van der Waals surface area contributed by atoms with E-state index in [-0.39, 0.29) is 18.3 Å². The number of carbonyl (C=O) groups is 1. The van der Waals surface area contributed by atoms with Crippen LogP contribution in [0.3, 0.4) is 0 Å². The summed E-state index contributed by atoms with van der Waals surface area (Å²) in [5, 5.41) is 9.88. The molecule has 3 rings (SSSR count). The van der Waals surface area contributed by atoms with E-state index >= 15 is 0 Å². The number of aliphatic carboxylic acids is 1. The molecule has 150 valence electrons. The monoisotopic (exact) mass is 421 g/mol. The molecule has 1 aliphatic heterocycles. The molecule has 0 amide bonds. The summed E-state index contributed by atoms with van der Waals surface area (Å²) >= 11 is 6.39. The maximum Gasteiger partial charge on any atom is 0.307 e. The summed E-state index contributed by atoms with van der Waals surface area (Å²) in [5.41, 5.74) is 2.90. The predicted octanol–water partition coefficient (Wildman–Crippen LogP) is 4.96. The van der Waals surface area contributed by atoms with Gasteiger partial charge in [-0.05, 0) is 31.0 Å². The number of hydrogen-bond acceptors (Lipinski definition) is 3. The standard InChI is InChI=1S/C22H24ClNO3.ClH/c23-21-11-5-4-10-19(21)20(17-7-2-1-3-8-17)16-27-14-13-24-12-6-9-18(15-24)22(25)26;/h1-5,7-8,10-11,16,18H,6,9,12-15H2,(H,25,26);1H/t18-;/m1./s1. The van der Waals surface area contributed by atoms with Crippen molar-refractivity contribution < 1.29 is 14.6 Å². The lowest BCUT2D eigenvalue weighted by atomic mass is 9.98. The second-order valence-corrected chi connectivity index (χ2v) is 7.13. The average Bonchev–Trinajstić information content (AvgIpc) is 2.70. The molecule has 1 N–H and O–H groups in total. The Hall–Kier alpha value is -2.01. The molecular weight excluding hydrogens is 397 g/mol. The third kappa shape index (κ3) is 5.99. The smallest absolute Gasteiger partial charge is 0.307 e. The Morgan fingerprint density at radius 3 is 2.61 bits per heavy atom. The summed E-state index contributed by atoms with van der Waals surface area (Å²) in [5.74, 6) is -0.970. The molecule has 1 saturated heterocycles. The minimum Gasteiger partial charge on any atom is -0.499 e. The summed E-state index contributed by atoms with van der Waals surface area (Å²) in [7, 11) is 0. The van der Waals surface area contributed by atoms with E-state index in [1.54, 1.807) is 6.26 Å². The Morgan fingerprint density at radius 1 is 1.18 bits per heavy atom. The van der Waals surface area contributed by atoms with Crippen molar-refractivity contribution in [3.63, 3.8) is 0 Å². The number of halogens is 2. The maximum absolute atomic E-state index is 11.2. The highest BCUT2D eigenvalue weighted by Crippen LogP contribution is 2.29. The molecule has 1 aliphatic rings. The van der Waals surface area contributed by atoms with E-state index in [2.05, 4.69) is 4.90 Å². The zero-order valence-corrected chi connectivity index (χ0v) is 17.2. The van der Waals surface area contributed by atoms with Gasteiger partial charge < -0.3 is 9.84 Å². The third-order valence-corrected chi connectivity index (χ3v) is 5.16. The Bertz CT molecular complexity index is 795. The lowest BCUT2D eigenvalue weighted by Gasteiger charge is -2.30. The highest BCUT2D eigenvalue weighted by molar-refractivity contribution is 6.32. The number of rotatable bonds is 7. The summed E-state index contributed by atoms with van der Waals surface area (Å²) in [6.45, 7) is 2.74. The highest BCUT2D eigenvalue weighted by Gasteiger charge is 2.24. The fourth-order valence-corrected chi connectivity index (χ4v) is 3.61. The molecule has 4 nitrogen and oxygen atoms in total. The largest absolute Gasteiger partial charge is 0.499 e. The van der Waals surface area contributed by atoms with Crippen LogP contribution in [0.2, 0.25) is 5.02 Å². The summed E-state index contributed by atoms with van der Waals surface area (Å²) in [6.07, 6.45) is 3.44. The van der Waals surface area contributed by atoms with Crippen molar-refractivity contribution in [2.45, 2.75) is 12.8 Å². The minimum atomic E-state index is -0.703. The van der Waals surface area contributed by atoms with Crippen LogP contribution in [0, 0.1) is 5.92 Å². The third-order valence-electron chi connectivity index (χ3n) is 4.83. The minimum absolute atomic E-state index is 0. The van der Waals surface area contributed by atoms with Gasteiger partial charge in [0.1, 0.15) is 6.61 Å². The van der Waals surface area contributed by atoms with Gasteiger partial charge in [-0.2, -0.15) is 0 Å². The molecule has 2 aromatic rings. The highest BCUT2D eigenvalue weighted by atomic mass is 35.5. The number of benzene rings is 2. The first kappa shape index (κ1) is 22.3. The van der Waals surface area contributed by atoms with E-state index < -0.39 is 5.97 Å². The number of ether oxygens (including phenoxy) is 1. The van der Waals surface area contributed by atoms with Gasteiger partial charge >= 0.3 is 5.97 Å². The molecule has 0 bridgehead atoms. The van der Waals surface area contributed by atoms with Crippen LogP contribution >= 0.6 is 24.0 Å². The van der Waals surface area contributed by atoms with E-state index in [4.69, 9.17) is 16.3 Å². The number of carboxylic acid groups (broad SMARTS) is 1. The van der Waals surface area contributed by atoms with Crippen LogP contribution in [0.4, 0.5) is 0 Å². The van der Waals surface area contributed by atoms with Crippen molar-refractivity contribution in [3.8, 4) is 0 Å². The van der Waals surface area contributed by atoms with Gasteiger partial charge in [0.2, 0.25) is 0 Å². The van der Waals surface area contributed by atoms with Gasteiger partial charge in [0.15, 0.2) is 0 Å². The molecule has 0 radical (unpaired) electrons. The zero-order valence-electron chi connectivity index (χ0n) is 15.6. The van der Waals surface area contributed by atoms with Crippen LogP contribution in [0.1, 0.15) is 24.0 Å². The van der Waals surface area contributed by atoms with Crippen molar-refractivity contribution in [3.05, 3.63) is 77.0 Å². The fraction of sp³-hybridized carbons (Fsp3) is 0.318. The fourth-order valence-electron chi connectivity index (χ4n) is 3.37. The quantitative estimate of drug-likeness (QED) is 0.506. The van der Waals surface area contributed by atoms with Gasteiger partial charge in [-0.1, -0.05) is 60.1 Å². The SMILES string of the molecule is Cl.O=C(O)[C@@H]1CCCN(CCOC=C(c2ccccc2)c2ccccc2Cl)C1. The van der Waals surface area contributed by atoms with Gasteiger partial charge in [-0.3, -0.25) is 9.69 Å². The Balaban J connectivity index is 0.00000280.